The zero-order valence-corrected chi connectivity index (χ0v) is 22.7. The summed E-state index contributed by atoms with van der Waals surface area (Å²) in [7, 11) is 0. The van der Waals surface area contributed by atoms with Crippen molar-refractivity contribution >= 4 is 0 Å². The molecular formula is C32H45N5. The normalized spacial score (nSPS) is 19.9. The Bertz CT molecular complexity index is 1020. The van der Waals surface area contributed by atoms with Crippen LogP contribution in [0.3, 0.4) is 0 Å². The highest BCUT2D eigenvalue weighted by Gasteiger charge is 2.34. The van der Waals surface area contributed by atoms with Gasteiger partial charge in [0.05, 0.1) is 0 Å². The van der Waals surface area contributed by atoms with Gasteiger partial charge in [0.2, 0.25) is 0 Å². The Morgan fingerprint density at radius 1 is 0.595 bits per heavy atom. The molecule has 0 amide bonds. The molecule has 0 bridgehead atoms. The molecule has 0 aliphatic heterocycles. The maximum absolute atomic E-state index is 3.99. The van der Waals surface area contributed by atoms with Crippen molar-refractivity contribution in [3.63, 3.8) is 0 Å². The van der Waals surface area contributed by atoms with Gasteiger partial charge in [0, 0.05) is 23.7 Å². The minimum atomic E-state index is 0.689. The summed E-state index contributed by atoms with van der Waals surface area (Å²) in [5.74, 6) is 0.689. The number of tetrazole rings is 1. The van der Waals surface area contributed by atoms with E-state index in [0.29, 0.717) is 5.82 Å². The maximum atomic E-state index is 3.99. The lowest BCUT2D eigenvalue weighted by Crippen LogP contribution is -2.51. The second kappa shape index (κ2) is 13.3. The SMILES string of the molecule is C1CCC(N(C2CCCCC2)C2CCCCC2)CC1.Cc1ccccc1-c1ccccc1-c1nnn[nH]1. The first-order valence-electron chi connectivity index (χ1n) is 15.0. The van der Waals surface area contributed by atoms with Crippen molar-refractivity contribution in [2.45, 2.75) is 121 Å². The molecule has 3 aliphatic carbocycles. The van der Waals surface area contributed by atoms with E-state index in [9.17, 15) is 0 Å². The fourth-order valence-electron chi connectivity index (χ4n) is 7.10. The molecule has 6 rings (SSSR count). The van der Waals surface area contributed by atoms with Crippen LogP contribution in [0, 0.1) is 6.92 Å². The second-order valence-electron chi connectivity index (χ2n) is 11.4. The number of nitrogens with zero attached hydrogens (tertiary/aromatic N) is 4. The van der Waals surface area contributed by atoms with E-state index in [1.807, 2.05) is 30.3 Å². The highest BCUT2D eigenvalue weighted by molar-refractivity contribution is 5.81. The molecule has 5 nitrogen and oxygen atoms in total. The summed E-state index contributed by atoms with van der Waals surface area (Å²) in [6.07, 6.45) is 22.5. The van der Waals surface area contributed by atoms with Crippen LogP contribution in [0.5, 0.6) is 0 Å². The molecule has 198 valence electrons. The average molecular weight is 500 g/mol. The molecule has 0 spiro atoms. The van der Waals surface area contributed by atoms with E-state index in [1.165, 1.54) is 107 Å². The summed E-state index contributed by atoms with van der Waals surface area (Å²) in [6.45, 7) is 2.10. The fourth-order valence-corrected chi connectivity index (χ4v) is 7.10. The van der Waals surface area contributed by atoms with E-state index in [4.69, 9.17) is 0 Å². The fraction of sp³-hybridized carbons (Fsp3) is 0.594. The first-order valence-corrected chi connectivity index (χ1v) is 15.0. The van der Waals surface area contributed by atoms with Gasteiger partial charge >= 0.3 is 0 Å². The van der Waals surface area contributed by atoms with Gasteiger partial charge in [0.1, 0.15) is 0 Å². The molecule has 1 N–H and O–H groups in total. The molecular weight excluding hydrogens is 454 g/mol. The van der Waals surface area contributed by atoms with Gasteiger partial charge in [-0.15, -0.1) is 5.10 Å². The quantitative estimate of drug-likeness (QED) is 0.385. The molecule has 37 heavy (non-hydrogen) atoms. The van der Waals surface area contributed by atoms with Crippen LogP contribution in [0.25, 0.3) is 22.5 Å². The van der Waals surface area contributed by atoms with Crippen LogP contribution in [-0.2, 0) is 0 Å². The molecule has 3 saturated carbocycles. The predicted octanol–water partition coefficient (Wildman–Crippen LogP) is 8.13. The van der Waals surface area contributed by atoms with E-state index >= 15 is 0 Å². The van der Waals surface area contributed by atoms with Crippen molar-refractivity contribution in [1.29, 1.82) is 0 Å². The zero-order valence-electron chi connectivity index (χ0n) is 22.7. The Morgan fingerprint density at radius 2 is 1.05 bits per heavy atom. The lowest BCUT2D eigenvalue weighted by molar-refractivity contribution is 0.0221. The smallest absolute Gasteiger partial charge is 0.180 e. The van der Waals surface area contributed by atoms with Crippen molar-refractivity contribution < 1.29 is 0 Å². The third kappa shape index (κ3) is 6.67. The van der Waals surface area contributed by atoms with Gasteiger partial charge in [-0.05, 0) is 72.6 Å². The monoisotopic (exact) mass is 499 g/mol. The van der Waals surface area contributed by atoms with E-state index in [1.54, 1.807) is 0 Å². The van der Waals surface area contributed by atoms with Crippen LogP contribution in [0.4, 0.5) is 0 Å². The number of hydrogen-bond donors (Lipinski definition) is 1. The summed E-state index contributed by atoms with van der Waals surface area (Å²) in [5.41, 5.74) is 4.58. The van der Waals surface area contributed by atoms with Gasteiger partial charge in [0.15, 0.2) is 5.82 Å². The maximum Gasteiger partial charge on any atom is 0.180 e. The van der Waals surface area contributed by atoms with E-state index in [0.717, 1.165) is 29.3 Å². The highest BCUT2D eigenvalue weighted by atomic mass is 15.5. The van der Waals surface area contributed by atoms with Crippen LogP contribution in [0.1, 0.15) is 102 Å². The van der Waals surface area contributed by atoms with Crippen LogP contribution < -0.4 is 0 Å². The third-order valence-corrected chi connectivity index (χ3v) is 8.95. The number of aromatic nitrogens is 4. The van der Waals surface area contributed by atoms with E-state index in [-0.39, 0.29) is 0 Å². The molecule has 0 atom stereocenters. The van der Waals surface area contributed by atoms with Gasteiger partial charge in [-0.3, -0.25) is 4.90 Å². The topological polar surface area (TPSA) is 57.7 Å². The summed E-state index contributed by atoms with van der Waals surface area (Å²) >= 11 is 0. The number of benzene rings is 2. The number of rotatable bonds is 5. The highest BCUT2D eigenvalue weighted by Crippen LogP contribution is 2.36. The van der Waals surface area contributed by atoms with E-state index < -0.39 is 0 Å². The Hall–Kier alpha value is -2.53. The summed E-state index contributed by atoms with van der Waals surface area (Å²) < 4.78 is 0. The van der Waals surface area contributed by atoms with Gasteiger partial charge < -0.3 is 0 Å². The number of nitrogens with one attached hydrogen (secondary N) is 1. The Morgan fingerprint density at radius 3 is 1.51 bits per heavy atom. The predicted molar refractivity (Wildman–Crippen MR) is 152 cm³/mol. The zero-order chi connectivity index (χ0) is 25.3. The molecule has 3 aliphatic rings. The lowest BCUT2D eigenvalue weighted by atomic mass is 9.84. The van der Waals surface area contributed by atoms with Gasteiger partial charge in [-0.1, -0.05) is 106 Å². The molecule has 3 fully saturated rings. The van der Waals surface area contributed by atoms with Crippen molar-refractivity contribution in [2.24, 2.45) is 0 Å². The minimum Gasteiger partial charge on any atom is -0.294 e. The lowest BCUT2D eigenvalue weighted by Gasteiger charge is -2.47. The summed E-state index contributed by atoms with van der Waals surface area (Å²) in [6, 6.07) is 19.3. The first-order chi connectivity index (χ1) is 18.3. The number of aryl methyl sites for hydroxylation is 1. The van der Waals surface area contributed by atoms with Crippen LogP contribution in [0.15, 0.2) is 48.5 Å². The largest absolute Gasteiger partial charge is 0.294 e. The molecule has 2 aromatic carbocycles. The van der Waals surface area contributed by atoms with E-state index in [2.05, 4.69) is 50.6 Å². The van der Waals surface area contributed by atoms with Gasteiger partial charge in [-0.2, -0.15) is 0 Å². The minimum absolute atomic E-state index is 0.689. The van der Waals surface area contributed by atoms with Crippen molar-refractivity contribution in [3.05, 3.63) is 54.1 Å². The molecule has 0 radical (unpaired) electrons. The molecule has 5 heteroatoms. The molecule has 0 unspecified atom stereocenters. The molecule has 1 aromatic heterocycles. The Kier molecular flexibility index (Phi) is 9.39. The first kappa shape index (κ1) is 26.1. The Labute approximate surface area is 223 Å². The third-order valence-electron chi connectivity index (χ3n) is 8.95. The van der Waals surface area contributed by atoms with Crippen LogP contribution in [-0.4, -0.2) is 43.6 Å². The average Bonchev–Trinajstić information content (AvgIpc) is 3.51. The Balaban J connectivity index is 0.000000152. The summed E-state index contributed by atoms with van der Waals surface area (Å²) in [4.78, 5) is 3.08. The standard InChI is InChI=1S/C18H33N.C14H12N4/c1-4-10-16(11-5-1)19(17-12-6-2-7-13-17)18-14-8-3-9-15-18;1-10-6-2-3-7-11(10)12-8-4-5-9-13(12)14-15-17-18-16-14/h16-18H,1-15H2;2-9H,1H3,(H,15,16,17,18). The van der Waals surface area contributed by atoms with Crippen LogP contribution in [0.2, 0.25) is 0 Å². The number of H-pyrrole nitrogens is 1. The number of aromatic amines is 1. The van der Waals surface area contributed by atoms with Gasteiger partial charge in [0.25, 0.3) is 0 Å². The van der Waals surface area contributed by atoms with Crippen molar-refractivity contribution in [3.8, 4) is 22.5 Å². The number of hydrogen-bond acceptors (Lipinski definition) is 4. The molecule has 0 saturated heterocycles. The molecule has 1 heterocycles. The van der Waals surface area contributed by atoms with Crippen molar-refractivity contribution in [2.75, 3.05) is 0 Å². The van der Waals surface area contributed by atoms with Gasteiger partial charge in [-0.25, -0.2) is 5.10 Å². The second-order valence-corrected chi connectivity index (χ2v) is 11.4. The molecule has 3 aromatic rings. The van der Waals surface area contributed by atoms with Crippen LogP contribution >= 0.6 is 0 Å². The van der Waals surface area contributed by atoms with Crippen molar-refractivity contribution in [1.82, 2.24) is 25.5 Å². The summed E-state index contributed by atoms with van der Waals surface area (Å²) in [5, 5.41) is 14.1.